The van der Waals surface area contributed by atoms with Crippen molar-refractivity contribution in [2.75, 3.05) is 0 Å². The average molecular weight is 309 g/mol. The van der Waals surface area contributed by atoms with Gasteiger partial charge in [-0.05, 0) is 19.1 Å². The molecule has 112 valence electrons. The van der Waals surface area contributed by atoms with Crippen LogP contribution in [0.3, 0.4) is 0 Å². The van der Waals surface area contributed by atoms with Crippen LogP contribution < -0.4 is 11.1 Å². The van der Waals surface area contributed by atoms with Gasteiger partial charge in [-0.2, -0.15) is 0 Å². The summed E-state index contributed by atoms with van der Waals surface area (Å²) >= 11 is 1.41. The van der Waals surface area contributed by atoms with Gasteiger partial charge in [-0.15, -0.1) is 11.3 Å². The number of rotatable bonds is 6. The van der Waals surface area contributed by atoms with Crippen LogP contribution in [-0.2, 0) is 20.9 Å². The van der Waals surface area contributed by atoms with Gasteiger partial charge < -0.3 is 20.9 Å². The van der Waals surface area contributed by atoms with Crippen molar-refractivity contribution in [3.63, 3.8) is 0 Å². The van der Waals surface area contributed by atoms with Crippen molar-refractivity contribution >= 4 is 33.4 Å². The normalized spacial score (nSPS) is 13.8. The lowest BCUT2D eigenvalue weighted by Crippen LogP contribution is -2.48. The Morgan fingerprint density at radius 3 is 2.81 bits per heavy atom. The van der Waals surface area contributed by atoms with Gasteiger partial charge in [-0.25, -0.2) is 9.78 Å². The number of carboxylic acid groups (broad SMARTS) is 1. The molecule has 2 atom stereocenters. The van der Waals surface area contributed by atoms with Gasteiger partial charge in [-0.1, -0.05) is 12.1 Å². The second kappa shape index (κ2) is 6.61. The van der Waals surface area contributed by atoms with Crippen molar-refractivity contribution in [1.29, 1.82) is 0 Å². The molecule has 0 bridgehead atoms. The molecule has 0 saturated heterocycles. The number of ether oxygens (including phenoxy) is 1. The highest BCUT2D eigenvalue weighted by molar-refractivity contribution is 7.18. The number of para-hydroxylation sites is 1. The third-order valence-corrected chi connectivity index (χ3v) is 3.63. The van der Waals surface area contributed by atoms with Gasteiger partial charge in [0.25, 0.3) is 0 Å². The van der Waals surface area contributed by atoms with E-state index < -0.39 is 24.1 Å². The molecule has 0 saturated carbocycles. The Morgan fingerprint density at radius 1 is 1.48 bits per heavy atom. The lowest BCUT2D eigenvalue weighted by Gasteiger charge is -2.15. The van der Waals surface area contributed by atoms with Crippen LogP contribution in [0.1, 0.15) is 11.9 Å². The highest BCUT2D eigenvalue weighted by atomic mass is 32.1. The van der Waals surface area contributed by atoms with Gasteiger partial charge in [0.2, 0.25) is 12.1 Å². The van der Waals surface area contributed by atoms with E-state index in [9.17, 15) is 9.59 Å². The van der Waals surface area contributed by atoms with Crippen LogP contribution in [0.15, 0.2) is 24.3 Å². The molecule has 1 aromatic carbocycles. The van der Waals surface area contributed by atoms with E-state index in [4.69, 9.17) is 15.6 Å². The highest BCUT2D eigenvalue weighted by Crippen LogP contribution is 2.22. The number of carbonyl (C=O) groups is 2. The molecule has 8 heteroatoms. The molecule has 0 spiro atoms. The standard InChI is InChI=1S/C13H15N3O4S/c1-7(14)11(17)16-12(13(18)19)20-6-10-15-8-4-2-3-5-9(8)21-10/h2-5,7,12H,6,14H2,1H3,(H,16,17)(H,18,19). The molecule has 21 heavy (non-hydrogen) atoms. The quantitative estimate of drug-likeness (QED) is 0.676. The maximum absolute atomic E-state index is 11.4. The fourth-order valence-corrected chi connectivity index (χ4v) is 2.46. The number of nitrogens with two attached hydrogens (primary N) is 1. The minimum Gasteiger partial charge on any atom is -0.478 e. The molecule has 2 rings (SSSR count). The number of carboxylic acids is 1. The first kappa shape index (κ1) is 15.4. The fourth-order valence-electron chi connectivity index (χ4n) is 1.57. The van der Waals surface area contributed by atoms with Crippen LogP contribution in [0.4, 0.5) is 0 Å². The summed E-state index contributed by atoms with van der Waals surface area (Å²) in [6.45, 7) is 1.46. The van der Waals surface area contributed by atoms with Gasteiger partial charge in [-0.3, -0.25) is 4.79 Å². The van der Waals surface area contributed by atoms with Crippen molar-refractivity contribution in [1.82, 2.24) is 10.3 Å². The molecule has 1 aromatic heterocycles. The first-order chi connectivity index (χ1) is 9.97. The number of aliphatic carboxylic acids is 1. The van der Waals surface area contributed by atoms with E-state index in [1.54, 1.807) is 0 Å². The summed E-state index contributed by atoms with van der Waals surface area (Å²) in [5.74, 6) is -1.88. The molecule has 0 aliphatic heterocycles. The zero-order chi connectivity index (χ0) is 15.4. The molecule has 1 heterocycles. The number of amides is 1. The van der Waals surface area contributed by atoms with Crippen LogP contribution in [0, 0.1) is 0 Å². The maximum Gasteiger partial charge on any atom is 0.354 e. The van der Waals surface area contributed by atoms with Crippen molar-refractivity contribution in [2.24, 2.45) is 5.73 Å². The molecule has 1 amide bonds. The summed E-state index contributed by atoms with van der Waals surface area (Å²) < 4.78 is 6.19. The van der Waals surface area contributed by atoms with Crippen LogP contribution in [0.25, 0.3) is 10.2 Å². The van der Waals surface area contributed by atoms with Gasteiger partial charge in [0.15, 0.2) is 0 Å². The zero-order valence-corrected chi connectivity index (χ0v) is 12.1. The summed E-state index contributed by atoms with van der Waals surface area (Å²) in [6.07, 6.45) is -1.45. The predicted molar refractivity (Wildman–Crippen MR) is 77.6 cm³/mol. The maximum atomic E-state index is 11.4. The van der Waals surface area contributed by atoms with Gasteiger partial charge in [0, 0.05) is 0 Å². The topological polar surface area (TPSA) is 115 Å². The van der Waals surface area contributed by atoms with Gasteiger partial charge in [0.1, 0.15) is 11.6 Å². The first-order valence-corrected chi connectivity index (χ1v) is 7.04. The summed E-state index contributed by atoms with van der Waals surface area (Å²) in [5, 5.41) is 11.9. The number of benzene rings is 1. The Bertz CT molecular complexity index is 623. The van der Waals surface area contributed by atoms with Gasteiger partial charge in [0.05, 0.1) is 16.3 Å². The number of fused-ring (bicyclic) bond motifs is 1. The van der Waals surface area contributed by atoms with E-state index in [1.165, 1.54) is 18.3 Å². The summed E-state index contributed by atoms with van der Waals surface area (Å²) in [7, 11) is 0. The van der Waals surface area contributed by atoms with Crippen LogP contribution >= 0.6 is 11.3 Å². The summed E-state index contributed by atoms with van der Waals surface area (Å²) in [6, 6.07) is 6.74. The molecule has 2 aromatic rings. The van der Waals surface area contributed by atoms with Crippen molar-refractivity contribution in [3.8, 4) is 0 Å². The summed E-state index contributed by atoms with van der Waals surface area (Å²) in [4.78, 5) is 26.8. The minimum absolute atomic E-state index is 0.00442. The van der Waals surface area contributed by atoms with E-state index in [1.807, 2.05) is 24.3 Å². The lowest BCUT2D eigenvalue weighted by atomic mass is 10.3. The number of aromatic nitrogens is 1. The van der Waals surface area contributed by atoms with E-state index in [2.05, 4.69) is 10.3 Å². The van der Waals surface area contributed by atoms with Crippen molar-refractivity contribution in [3.05, 3.63) is 29.3 Å². The third-order valence-electron chi connectivity index (χ3n) is 2.62. The molecule has 0 fully saturated rings. The Labute approximate surface area is 124 Å². The molecular weight excluding hydrogens is 294 g/mol. The number of hydrogen-bond acceptors (Lipinski definition) is 6. The van der Waals surface area contributed by atoms with Crippen LogP contribution in [0.5, 0.6) is 0 Å². The molecule has 7 nitrogen and oxygen atoms in total. The van der Waals surface area contributed by atoms with Crippen LogP contribution in [-0.4, -0.2) is 34.2 Å². The fraction of sp³-hybridized carbons (Fsp3) is 0.308. The average Bonchev–Trinajstić information content (AvgIpc) is 2.85. The molecule has 4 N–H and O–H groups in total. The van der Waals surface area contributed by atoms with E-state index in [-0.39, 0.29) is 6.61 Å². The van der Waals surface area contributed by atoms with E-state index in [0.29, 0.717) is 5.01 Å². The molecule has 0 aliphatic rings. The van der Waals surface area contributed by atoms with E-state index >= 15 is 0 Å². The number of carbonyl (C=O) groups excluding carboxylic acids is 1. The molecule has 2 unspecified atom stereocenters. The molecule has 0 aliphatic carbocycles. The molecular formula is C13H15N3O4S. The largest absolute Gasteiger partial charge is 0.478 e. The smallest absolute Gasteiger partial charge is 0.354 e. The van der Waals surface area contributed by atoms with Crippen molar-refractivity contribution in [2.45, 2.75) is 25.8 Å². The zero-order valence-electron chi connectivity index (χ0n) is 11.3. The summed E-state index contributed by atoms with van der Waals surface area (Å²) in [5.41, 5.74) is 6.20. The number of nitrogens with zero attached hydrogens (tertiary/aromatic N) is 1. The third kappa shape index (κ3) is 3.97. The van der Waals surface area contributed by atoms with Crippen molar-refractivity contribution < 1.29 is 19.4 Å². The van der Waals surface area contributed by atoms with E-state index in [0.717, 1.165) is 10.2 Å². The first-order valence-electron chi connectivity index (χ1n) is 6.22. The number of hydrogen-bond donors (Lipinski definition) is 3. The lowest BCUT2D eigenvalue weighted by molar-refractivity contribution is -0.156. The minimum atomic E-state index is -1.45. The predicted octanol–water partition coefficient (Wildman–Crippen LogP) is 0.687. The Balaban J connectivity index is 2.01. The number of nitrogens with one attached hydrogen (secondary N) is 1. The number of thiazole rings is 1. The second-order valence-electron chi connectivity index (χ2n) is 4.40. The monoisotopic (exact) mass is 309 g/mol. The SMILES string of the molecule is CC(N)C(=O)NC(OCc1nc2ccccc2s1)C(=O)O. The Morgan fingerprint density at radius 2 is 2.19 bits per heavy atom. The Kier molecular flexibility index (Phi) is 4.84. The van der Waals surface area contributed by atoms with Gasteiger partial charge >= 0.3 is 5.97 Å². The molecule has 0 radical (unpaired) electrons. The van der Waals surface area contributed by atoms with Crippen LogP contribution in [0.2, 0.25) is 0 Å². The Hall–Kier alpha value is -2.03. The highest BCUT2D eigenvalue weighted by Gasteiger charge is 2.22. The second-order valence-corrected chi connectivity index (χ2v) is 5.52.